The summed E-state index contributed by atoms with van der Waals surface area (Å²) in [4.78, 5) is 10.5. The van der Waals surface area contributed by atoms with E-state index in [0.29, 0.717) is 18.0 Å². The molecule has 0 aromatic heterocycles. The first-order valence-corrected chi connectivity index (χ1v) is 6.74. The molecule has 0 radical (unpaired) electrons. The Morgan fingerprint density at radius 3 is 2.59 bits per heavy atom. The monoisotopic (exact) mass is 302 g/mol. The third-order valence-corrected chi connectivity index (χ3v) is 2.88. The Labute approximate surface area is 128 Å². The Hall–Kier alpha value is -2.73. The minimum absolute atomic E-state index is 0.399. The van der Waals surface area contributed by atoms with Crippen molar-refractivity contribution in [2.45, 2.75) is 6.54 Å². The zero-order chi connectivity index (χ0) is 15.8. The predicted molar refractivity (Wildman–Crippen MR) is 83.0 cm³/mol. The van der Waals surface area contributed by atoms with Crippen molar-refractivity contribution in [1.82, 2.24) is 5.43 Å². The maximum Gasteiger partial charge on any atom is 0.341 e. The average molecular weight is 302 g/mol. The smallest absolute Gasteiger partial charge is 0.341 e. The van der Waals surface area contributed by atoms with Crippen LogP contribution in [0.2, 0.25) is 0 Å². The summed E-state index contributed by atoms with van der Waals surface area (Å²) in [6.07, 6.45) is 0. The number of hydrazine groups is 1. The molecule has 2 aromatic carbocycles. The van der Waals surface area contributed by atoms with Crippen LogP contribution in [0.15, 0.2) is 48.5 Å². The van der Waals surface area contributed by atoms with Crippen molar-refractivity contribution < 1.29 is 19.4 Å². The lowest BCUT2D eigenvalue weighted by molar-refractivity contribution is -0.139. The summed E-state index contributed by atoms with van der Waals surface area (Å²) in [5, 5.41) is 8.63. The molecule has 0 spiro atoms. The van der Waals surface area contributed by atoms with E-state index in [1.54, 1.807) is 12.1 Å². The van der Waals surface area contributed by atoms with Gasteiger partial charge in [-0.1, -0.05) is 24.3 Å². The zero-order valence-electron chi connectivity index (χ0n) is 12.2. The van der Waals surface area contributed by atoms with Crippen LogP contribution in [0.25, 0.3) is 0 Å². The minimum atomic E-state index is -1.03. The Morgan fingerprint density at radius 2 is 1.91 bits per heavy atom. The molecule has 0 saturated carbocycles. The van der Waals surface area contributed by atoms with Gasteiger partial charge in [-0.15, -0.1) is 0 Å². The fourth-order valence-electron chi connectivity index (χ4n) is 1.85. The van der Waals surface area contributed by atoms with Crippen molar-refractivity contribution in [3.63, 3.8) is 0 Å². The normalized spacial score (nSPS) is 10.0. The molecule has 0 fully saturated rings. The Bertz CT molecular complexity index is 617. The topological polar surface area (TPSA) is 79.8 Å². The van der Waals surface area contributed by atoms with E-state index in [9.17, 15) is 4.79 Å². The average Bonchev–Trinajstić information content (AvgIpc) is 2.54. The summed E-state index contributed by atoms with van der Waals surface area (Å²) in [6, 6.07) is 15.1. The minimum Gasteiger partial charge on any atom is -0.493 e. The van der Waals surface area contributed by atoms with E-state index in [0.717, 1.165) is 11.3 Å². The first-order valence-electron chi connectivity index (χ1n) is 6.74. The summed E-state index contributed by atoms with van der Waals surface area (Å²) < 4.78 is 10.4. The Balaban J connectivity index is 1.92. The van der Waals surface area contributed by atoms with Gasteiger partial charge in [0.1, 0.15) is 0 Å². The molecular weight excluding hydrogens is 284 g/mol. The van der Waals surface area contributed by atoms with Gasteiger partial charge in [0.05, 0.1) is 7.11 Å². The molecule has 0 heterocycles. The molecule has 0 bridgehead atoms. The van der Waals surface area contributed by atoms with Gasteiger partial charge in [-0.2, -0.15) is 0 Å². The molecule has 6 nitrogen and oxygen atoms in total. The second kappa shape index (κ2) is 7.90. The summed E-state index contributed by atoms with van der Waals surface area (Å²) in [7, 11) is 1.52. The number of para-hydroxylation sites is 1. The highest BCUT2D eigenvalue weighted by Crippen LogP contribution is 2.28. The molecule has 22 heavy (non-hydrogen) atoms. The van der Waals surface area contributed by atoms with Gasteiger partial charge < -0.3 is 20.0 Å². The number of nitrogens with one attached hydrogen (secondary N) is 2. The maximum absolute atomic E-state index is 10.5. The van der Waals surface area contributed by atoms with Gasteiger partial charge in [-0.3, -0.25) is 0 Å². The second-order valence-electron chi connectivity index (χ2n) is 4.51. The van der Waals surface area contributed by atoms with Crippen molar-refractivity contribution in [1.29, 1.82) is 0 Å². The summed E-state index contributed by atoms with van der Waals surface area (Å²) in [5.74, 6) is -0.121. The van der Waals surface area contributed by atoms with E-state index in [4.69, 9.17) is 14.6 Å². The number of carboxylic acid groups (broad SMARTS) is 1. The maximum atomic E-state index is 10.5. The number of hydrogen-bond acceptors (Lipinski definition) is 5. The Morgan fingerprint density at radius 1 is 1.14 bits per heavy atom. The predicted octanol–water partition coefficient (Wildman–Crippen LogP) is 2.28. The van der Waals surface area contributed by atoms with E-state index in [1.165, 1.54) is 7.11 Å². The molecule has 0 aliphatic rings. The SMILES string of the molecule is COc1cc(CNNc2ccccc2)ccc1OCC(=O)O. The van der Waals surface area contributed by atoms with Crippen molar-refractivity contribution >= 4 is 11.7 Å². The number of anilines is 1. The molecule has 0 aliphatic heterocycles. The van der Waals surface area contributed by atoms with Crippen LogP contribution in [-0.2, 0) is 11.3 Å². The molecule has 0 amide bonds. The first-order chi connectivity index (χ1) is 10.7. The third kappa shape index (κ3) is 4.68. The summed E-state index contributed by atoms with van der Waals surface area (Å²) >= 11 is 0. The van der Waals surface area contributed by atoms with Crippen LogP contribution in [0.5, 0.6) is 11.5 Å². The van der Waals surface area contributed by atoms with Crippen molar-refractivity contribution in [3.05, 3.63) is 54.1 Å². The van der Waals surface area contributed by atoms with Gasteiger partial charge in [0, 0.05) is 12.2 Å². The van der Waals surface area contributed by atoms with Gasteiger partial charge in [-0.25, -0.2) is 10.2 Å². The molecule has 2 rings (SSSR count). The zero-order valence-corrected chi connectivity index (χ0v) is 12.2. The fraction of sp³-hybridized carbons (Fsp3) is 0.188. The number of benzene rings is 2. The van der Waals surface area contributed by atoms with Crippen LogP contribution in [0, 0.1) is 0 Å². The van der Waals surface area contributed by atoms with Crippen LogP contribution in [0.1, 0.15) is 5.56 Å². The highest BCUT2D eigenvalue weighted by Gasteiger charge is 2.07. The lowest BCUT2D eigenvalue weighted by Crippen LogP contribution is -2.20. The molecular formula is C16H18N2O4. The van der Waals surface area contributed by atoms with Crippen LogP contribution in [-0.4, -0.2) is 24.8 Å². The van der Waals surface area contributed by atoms with Crippen LogP contribution in [0.4, 0.5) is 5.69 Å². The fourth-order valence-corrected chi connectivity index (χ4v) is 1.85. The molecule has 116 valence electrons. The number of aliphatic carboxylic acids is 1. The van der Waals surface area contributed by atoms with Crippen molar-refractivity contribution in [2.24, 2.45) is 0 Å². The van der Waals surface area contributed by atoms with Gasteiger partial charge in [0.2, 0.25) is 0 Å². The van der Waals surface area contributed by atoms with Gasteiger partial charge in [-0.05, 0) is 29.8 Å². The van der Waals surface area contributed by atoms with E-state index >= 15 is 0 Å². The standard InChI is InChI=1S/C16H18N2O4/c1-21-15-9-12(7-8-14(15)22-11-16(19)20)10-17-18-13-5-3-2-4-6-13/h2-9,17-18H,10-11H2,1H3,(H,19,20). The number of hydrogen-bond donors (Lipinski definition) is 3. The number of methoxy groups -OCH3 is 1. The number of carboxylic acids is 1. The lowest BCUT2D eigenvalue weighted by Gasteiger charge is -2.12. The van der Waals surface area contributed by atoms with Gasteiger partial charge >= 0.3 is 5.97 Å². The number of rotatable bonds is 8. The molecule has 0 unspecified atom stereocenters. The molecule has 0 atom stereocenters. The quantitative estimate of drug-likeness (QED) is 0.649. The first kappa shape index (κ1) is 15.7. The van der Waals surface area contributed by atoms with E-state index in [2.05, 4.69) is 10.9 Å². The largest absolute Gasteiger partial charge is 0.493 e. The van der Waals surface area contributed by atoms with Crippen molar-refractivity contribution in [2.75, 3.05) is 19.1 Å². The highest BCUT2D eigenvalue weighted by atomic mass is 16.5. The number of ether oxygens (including phenoxy) is 2. The lowest BCUT2D eigenvalue weighted by atomic mass is 10.2. The van der Waals surface area contributed by atoms with E-state index in [-0.39, 0.29) is 0 Å². The molecule has 0 saturated heterocycles. The van der Waals surface area contributed by atoms with E-state index < -0.39 is 12.6 Å². The van der Waals surface area contributed by atoms with Crippen molar-refractivity contribution in [3.8, 4) is 11.5 Å². The molecule has 2 aromatic rings. The molecule has 6 heteroatoms. The van der Waals surface area contributed by atoms with Crippen LogP contribution < -0.4 is 20.3 Å². The van der Waals surface area contributed by atoms with Crippen LogP contribution >= 0.6 is 0 Å². The summed E-state index contributed by atoms with van der Waals surface area (Å²) in [6.45, 7) is 0.175. The van der Waals surface area contributed by atoms with Gasteiger partial charge in [0.15, 0.2) is 18.1 Å². The molecule has 0 aliphatic carbocycles. The third-order valence-electron chi connectivity index (χ3n) is 2.88. The molecule has 3 N–H and O–H groups in total. The van der Waals surface area contributed by atoms with Crippen LogP contribution in [0.3, 0.4) is 0 Å². The van der Waals surface area contributed by atoms with Gasteiger partial charge in [0.25, 0.3) is 0 Å². The Kier molecular flexibility index (Phi) is 5.62. The summed E-state index contributed by atoms with van der Waals surface area (Å²) in [5.41, 5.74) is 8.13. The van der Waals surface area contributed by atoms with E-state index in [1.807, 2.05) is 36.4 Å². The second-order valence-corrected chi connectivity index (χ2v) is 4.51. The number of carbonyl (C=O) groups is 1. The highest BCUT2D eigenvalue weighted by molar-refractivity contribution is 5.68.